The van der Waals surface area contributed by atoms with Crippen LogP contribution in [0.1, 0.15) is 5.56 Å². The molecule has 0 aliphatic carbocycles. The fourth-order valence-electron chi connectivity index (χ4n) is 3.14. The molecule has 0 unspecified atom stereocenters. The molecule has 0 aliphatic rings. The van der Waals surface area contributed by atoms with E-state index < -0.39 is 12.6 Å². The lowest BCUT2D eigenvalue weighted by Crippen LogP contribution is -2.20. The van der Waals surface area contributed by atoms with Gasteiger partial charge in [0.25, 0.3) is 5.91 Å². The van der Waals surface area contributed by atoms with Crippen LogP contribution in [0.2, 0.25) is 0 Å². The summed E-state index contributed by atoms with van der Waals surface area (Å²) in [5, 5.41) is 22.0. The van der Waals surface area contributed by atoms with E-state index in [1.54, 1.807) is 24.3 Å². The van der Waals surface area contributed by atoms with Gasteiger partial charge in [-0.3, -0.25) is 9.36 Å². The van der Waals surface area contributed by atoms with Crippen molar-refractivity contribution in [1.82, 2.24) is 20.2 Å². The molecular formula is C25H21N5O4S. The minimum atomic E-state index is -1.08. The number of hydrogen-bond acceptors (Lipinski definition) is 7. The number of benzene rings is 3. The number of amides is 1. The van der Waals surface area contributed by atoms with E-state index in [2.05, 4.69) is 20.7 Å². The van der Waals surface area contributed by atoms with Gasteiger partial charge in [0.15, 0.2) is 17.6 Å². The van der Waals surface area contributed by atoms with Crippen LogP contribution in [0.25, 0.3) is 17.1 Å². The number of nitrogens with one attached hydrogen (secondary N) is 1. The van der Waals surface area contributed by atoms with Gasteiger partial charge in [0.2, 0.25) is 0 Å². The minimum absolute atomic E-state index is 0.0637. The van der Waals surface area contributed by atoms with E-state index in [-0.39, 0.29) is 11.7 Å². The summed E-state index contributed by atoms with van der Waals surface area (Å²) >= 11 is 1.24. The maximum Gasteiger partial charge on any atom is 0.341 e. The van der Waals surface area contributed by atoms with E-state index in [9.17, 15) is 9.59 Å². The first-order valence-electron chi connectivity index (χ1n) is 10.6. The average Bonchev–Trinajstić information content (AvgIpc) is 3.32. The third-order valence-electron chi connectivity index (χ3n) is 4.68. The lowest BCUT2D eigenvalue weighted by molar-refractivity contribution is -0.139. The van der Waals surface area contributed by atoms with Crippen LogP contribution in [0.4, 0.5) is 0 Å². The lowest BCUT2D eigenvalue weighted by Gasteiger charge is -2.10. The molecule has 9 nitrogen and oxygen atoms in total. The SMILES string of the molecule is O=C(O)COc1ccccc1/C=N/NC(=O)CSc1nnc(-c2ccccc2)n1-c1ccccc1. The van der Waals surface area contributed by atoms with Crippen molar-refractivity contribution in [3.8, 4) is 22.8 Å². The number of aromatic nitrogens is 3. The van der Waals surface area contributed by atoms with Gasteiger partial charge in [-0.05, 0) is 24.3 Å². The fraction of sp³-hybridized carbons (Fsp3) is 0.0800. The molecule has 0 bridgehead atoms. The first kappa shape index (κ1) is 23.7. The van der Waals surface area contributed by atoms with Crippen molar-refractivity contribution in [3.05, 3.63) is 90.5 Å². The number of aliphatic carboxylic acids is 1. The summed E-state index contributed by atoms with van der Waals surface area (Å²) in [4.78, 5) is 23.2. The Morgan fingerprint density at radius 2 is 1.66 bits per heavy atom. The highest BCUT2D eigenvalue weighted by Gasteiger charge is 2.17. The van der Waals surface area contributed by atoms with Crippen molar-refractivity contribution in [2.45, 2.75) is 5.16 Å². The number of hydrogen-bond donors (Lipinski definition) is 2. The van der Waals surface area contributed by atoms with Crippen molar-refractivity contribution < 1.29 is 19.4 Å². The summed E-state index contributed by atoms with van der Waals surface area (Å²) in [6, 6.07) is 26.2. The molecule has 2 N–H and O–H groups in total. The Kier molecular flexibility index (Phi) is 7.87. The van der Waals surface area contributed by atoms with Gasteiger partial charge in [-0.15, -0.1) is 10.2 Å². The Morgan fingerprint density at radius 3 is 2.40 bits per heavy atom. The maximum atomic E-state index is 12.4. The topological polar surface area (TPSA) is 119 Å². The minimum Gasteiger partial charge on any atom is -0.481 e. The second kappa shape index (κ2) is 11.6. The molecule has 1 amide bonds. The highest BCUT2D eigenvalue weighted by Crippen LogP contribution is 2.27. The molecule has 176 valence electrons. The van der Waals surface area contributed by atoms with Gasteiger partial charge in [-0.25, -0.2) is 10.2 Å². The molecule has 0 fully saturated rings. The van der Waals surface area contributed by atoms with Gasteiger partial charge >= 0.3 is 5.97 Å². The van der Waals surface area contributed by atoms with Crippen molar-refractivity contribution >= 4 is 29.9 Å². The maximum absolute atomic E-state index is 12.4. The molecular weight excluding hydrogens is 466 g/mol. The molecule has 3 aromatic carbocycles. The lowest BCUT2D eigenvalue weighted by atomic mass is 10.2. The Bertz CT molecular complexity index is 1330. The van der Waals surface area contributed by atoms with Crippen LogP contribution < -0.4 is 10.2 Å². The molecule has 0 spiro atoms. The van der Waals surface area contributed by atoms with E-state index >= 15 is 0 Å². The zero-order chi connectivity index (χ0) is 24.5. The molecule has 0 aliphatic heterocycles. The summed E-state index contributed by atoms with van der Waals surface area (Å²) in [6.07, 6.45) is 1.40. The predicted molar refractivity (Wildman–Crippen MR) is 133 cm³/mol. The van der Waals surface area contributed by atoms with E-state index in [1.165, 1.54) is 18.0 Å². The molecule has 0 saturated heterocycles. The van der Waals surface area contributed by atoms with Crippen LogP contribution in [-0.4, -0.2) is 50.3 Å². The first-order chi connectivity index (χ1) is 17.1. The van der Waals surface area contributed by atoms with Crippen LogP contribution in [0.15, 0.2) is 95.2 Å². The van der Waals surface area contributed by atoms with E-state index in [0.717, 1.165) is 11.3 Å². The number of carbonyl (C=O) groups excluding carboxylic acids is 1. The zero-order valence-corrected chi connectivity index (χ0v) is 19.3. The zero-order valence-electron chi connectivity index (χ0n) is 18.4. The summed E-state index contributed by atoms with van der Waals surface area (Å²) in [7, 11) is 0. The summed E-state index contributed by atoms with van der Waals surface area (Å²) in [6.45, 7) is -0.471. The Balaban J connectivity index is 1.44. The highest BCUT2D eigenvalue weighted by molar-refractivity contribution is 7.99. The third-order valence-corrected chi connectivity index (χ3v) is 5.60. The summed E-state index contributed by atoms with van der Waals surface area (Å²) < 4.78 is 7.14. The van der Waals surface area contributed by atoms with Gasteiger partial charge in [0, 0.05) is 16.8 Å². The monoisotopic (exact) mass is 487 g/mol. The van der Waals surface area contributed by atoms with Crippen LogP contribution in [0.5, 0.6) is 5.75 Å². The smallest absolute Gasteiger partial charge is 0.341 e. The van der Waals surface area contributed by atoms with E-state index in [1.807, 2.05) is 65.2 Å². The number of carboxylic acids is 1. The Morgan fingerprint density at radius 1 is 0.971 bits per heavy atom. The number of carboxylic acid groups (broad SMARTS) is 1. The van der Waals surface area contributed by atoms with Gasteiger partial charge in [0.1, 0.15) is 5.75 Å². The fourth-order valence-corrected chi connectivity index (χ4v) is 3.89. The highest BCUT2D eigenvalue weighted by atomic mass is 32.2. The normalized spacial score (nSPS) is 10.9. The Hall–Kier alpha value is -4.44. The largest absolute Gasteiger partial charge is 0.481 e. The second-order valence-electron chi connectivity index (χ2n) is 7.15. The molecule has 10 heteroatoms. The van der Waals surface area contributed by atoms with Gasteiger partial charge in [-0.1, -0.05) is 72.4 Å². The molecule has 4 aromatic rings. The molecule has 0 atom stereocenters. The van der Waals surface area contributed by atoms with Gasteiger partial charge in [-0.2, -0.15) is 5.10 Å². The van der Waals surface area contributed by atoms with Crippen molar-refractivity contribution in [2.24, 2.45) is 5.10 Å². The van der Waals surface area contributed by atoms with E-state index in [4.69, 9.17) is 9.84 Å². The summed E-state index contributed by atoms with van der Waals surface area (Å²) in [5.74, 6) is -0.323. The van der Waals surface area contributed by atoms with Crippen LogP contribution >= 0.6 is 11.8 Å². The average molecular weight is 488 g/mol. The number of ether oxygens (including phenoxy) is 1. The van der Waals surface area contributed by atoms with Crippen LogP contribution in [0.3, 0.4) is 0 Å². The molecule has 1 heterocycles. The second-order valence-corrected chi connectivity index (χ2v) is 8.09. The van der Waals surface area contributed by atoms with Crippen molar-refractivity contribution in [1.29, 1.82) is 0 Å². The van der Waals surface area contributed by atoms with E-state index in [0.29, 0.717) is 22.3 Å². The van der Waals surface area contributed by atoms with Gasteiger partial charge in [0.05, 0.1) is 12.0 Å². The molecule has 35 heavy (non-hydrogen) atoms. The number of hydrazone groups is 1. The molecule has 4 rings (SSSR count). The quantitative estimate of drug-likeness (QED) is 0.199. The molecule has 0 radical (unpaired) electrons. The Labute approximate surface area is 205 Å². The summed E-state index contributed by atoms with van der Waals surface area (Å²) in [5.41, 5.74) is 4.81. The standard InChI is InChI=1S/C25H21N5O4S/c31-22(27-26-15-19-11-7-8-14-21(19)34-16-23(32)33)17-35-25-29-28-24(18-9-3-1-4-10-18)30(25)20-12-5-2-6-13-20/h1-15H,16-17H2,(H,27,31)(H,32,33)/b26-15+. The molecule has 0 saturated carbocycles. The number of thioether (sulfide) groups is 1. The predicted octanol–water partition coefficient (Wildman–Crippen LogP) is 3.64. The number of para-hydroxylation sites is 2. The van der Waals surface area contributed by atoms with Gasteiger partial charge < -0.3 is 9.84 Å². The number of rotatable bonds is 10. The first-order valence-corrected chi connectivity index (χ1v) is 11.5. The molecule has 1 aromatic heterocycles. The van der Waals surface area contributed by atoms with Crippen LogP contribution in [-0.2, 0) is 9.59 Å². The van der Waals surface area contributed by atoms with Crippen LogP contribution in [0, 0.1) is 0 Å². The number of nitrogens with zero attached hydrogens (tertiary/aromatic N) is 4. The number of carbonyl (C=O) groups is 2. The van der Waals surface area contributed by atoms with Crippen molar-refractivity contribution in [3.63, 3.8) is 0 Å². The van der Waals surface area contributed by atoms with Crippen molar-refractivity contribution in [2.75, 3.05) is 12.4 Å². The third kappa shape index (κ3) is 6.33.